The highest BCUT2D eigenvalue weighted by molar-refractivity contribution is 5.81. The lowest BCUT2D eigenvalue weighted by atomic mass is 10.0. The lowest BCUT2D eigenvalue weighted by molar-refractivity contribution is -0.139. The number of carboxylic acid groups (broad SMARTS) is 1. The van der Waals surface area contributed by atoms with Crippen molar-refractivity contribution in [2.45, 2.75) is 32.4 Å². The molecule has 6 nitrogen and oxygen atoms in total. The van der Waals surface area contributed by atoms with Gasteiger partial charge in [-0.25, -0.2) is 9.59 Å². The van der Waals surface area contributed by atoms with Gasteiger partial charge in [0, 0.05) is 0 Å². The SMILES string of the molecule is COc1cccc(-c2ccc([C@H](NC(=O)OC(C)(C)C)C(=O)O)cc2)c1. The van der Waals surface area contributed by atoms with Crippen LogP contribution in [0.2, 0.25) is 0 Å². The van der Waals surface area contributed by atoms with E-state index in [1.807, 2.05) is 24.3 Å². The fraction of sp³-hybridized carbons (Fsp3) is 0.300. The minimum absolute atomic E-state index is 0.454. The van der Waals surface area contributed by atoms with E-state index in [9.17, 15) is 14.7 Å². The molecule has 0 unspecified atom stereocenters. The van der Waals surface area contributed by atoms with E-state index in [1.165, 1.54) is 0 Å². The highest BCUT2D eigenvalue weighted by Gasteiger charge is 2.25. The Hall–Kier alpha value is -3.02. The minimum Gasteiger partial charge on any atom is -0.497 e. The molecular formula is C20H23NO5. The Balaban J connectivity index is 2.20. The number of benzene rings is 2. The molecule has 0 spiro atoms. The number of hydrogen-bond donors (Lipinski definition) is 2. The third kappa shape index (κ3) is 5.24. The highest BCUT2D eigenvalue weighted by atomic mass is 16.6. The summed E-state index contributed by atoms with van der Waals surface area (Å²) in [4.78, 5) is 23.4. The molecule has 2 aromatic carbocycles. The number of rotatable bonds is 5. The van der Waals surface area contributed by atoms with Crippen LogP contribution in [0.1, 0.15) is 32.4 Å². The first-order valence-electron chi connectivity index (χ1n) is 8.16. The van der Waals surface area contributed by atoms with Crippen LogP contribution in [0.4, 0.5) is 4.79 Å². The standard InChI is InChI=1S/C20H23NO5/c1-20(2,3)26-19(24)21-17(18(22)23)14-10-8-13(9-11-14)15-6-5-7-16(12-15)25-4/h5-12,17H,1-4H3,(H,21,24)(H,22,23)/t17-/m0/s1. The molecule has 0 aromatic heterocycles. The van der Waals surface area contributed by atoms with Crippen molar-refractivity contribution in [2.24, 2.45) is 0 Å². The van der Waals surface area contributed by atoms with E-state index in [2.05, 4.69) is 5.32 Å². The van der Waals surface area contributed by atoms with Gasteiger partial charge in [-0.3, -0.25) is 0 Å². The van der Waals surface area contributed by atoms with Gasteiger partial charge in [0.15, 0.2) is 6.04 Å². The molecule has 26 heavy (non-hydrogen) atoms. The molecule has 2 aromatic rings. The number of amides is 1. The third-order valence-electron chi connectivity index (χ3n) is 3.56. The van der Waals surface area contributed by atoms with E-state index < -0.39 is 23.7 Å². The number of carboxylic acids is 1. The first-order chi connectivity index (χ1) is 12.2. The van der Waals surface area contributed by atoms with Gasteiger partial charge in [-0.2, -0.15) is 0 Å². The van der Waals surface area contributed by atoms with Crippen molar-refractivity contribution in [2.75, 3.05) is 7.11 Å². The van der Waals surface area contributed by atoms with E-state index in [-0.39, 0.29) is 0 Å². The minimum atomic E-state index is -1.19. The molecule has 138 valence electrons. The Morgan fingerprint density at radius 1 is 1.04 bits per heavy atom. The largest absolute Gasteiger partial charge is 0.497 e. The predicted molar refractivity (Wildman–Crippen MR) is 98.2 cm³/mol. The smallest absolute Gasteiger partial charge is 0.408 e. The molecular weight excluding hydrogens is 334 g/mol. The summed E-state index contributed by atoms with van der Waals surface area (Å²) >= 11 is 0. The molecule has 1 amide bonds. The fourth-order valence-electron chi connectivity index (χ4n) is 2.38. The topological polar surface area (TPSA) is 84.9 Å². The number of nitrogens with one attached hydrogen (secondary N) is 1. The van der Waals surface area contributed by atoms with Gasteiger partial charge < -0.3 is 19.9 Å². The quantitative estimate of drug-likeness (QED) is 0.844. The zero-order chi connectivity index (χ0) is 19.3. The molecule has 0 saturated heterocycles. The highest BCUT2D eigenvalue weighted by Crippen LogP contribution is 2.25. The van der Waals surface area contributed by atoms with Gasteiger partial charge in [-0.05, 0) is 49.6 Å². The molecule has 0 aliphatic heterocycles. The average molecular weight is 357 g/mol. The second kappa shape index (κ2) is 7.91. The average Bonchev–Trinajstić information content (AvgIpc) is 2.58. The lowest BCUT2D eigenvalue weighted by Crippen LogP contribution is -2.38. The molecule has 0 bridgehead atoms. The van der Waals surface area contributed by atoms with Crippen molar-refractivity contribution in [1.29, 1.82) is 0 Å². The van der Waals surface area contributed by atoms with Gasteiger partial charge in [0.1, 0.15) is 11.4 Å². The Bertz CT molecular complexity index is 778. The van der Waals surface area contributed by atoms with Gasteiger partial charge >= 0.3 is 12.1 Å². The van der Waals surface area contributed by atoms with Crippen LogP contribution in [0.25, 0.3) is 11.1 Å². The second-order valence-electron chi connectivity index (χ2n) is 6.77. The number of ether oxygens (including phenoxy) is 2. The Kier molecular flexibility index (Phi) is 5.87. The summed E-state index contributed by atoms with van der Waals surface area (Å²) in [5.41, 5.74) is 1.61. The van der Waals surface area contributed by atoms with Crippen LogP contribution in [0.3, 0.4) is 0 Å². The fourth-order valence-corrected chi connectivity index (χ4v) is 2.38. The summed E-state index contributed by atoms with van der Waals surface area (Å²) in [5, 5.41) is 11.8. The van der Waals surface area contributed by atoms with Crippen LogP contribution in [-0.4, -0.2) is 29.9 Å². The number of methoxy groups -OCH3 is 1. The number of carbonyl (C=O) groups excluding carboxylic acids is 1. The molecule has 0 heterocycles. The summed E-state index contributed by atoms with van der Waals surface area (Å²) in [6, 6.07) is 13.3. The molecule has 0 aliphatic carbocycles. The molecule has 2 N–H and O–H groups in total. The van der Waals surface area contributed by atoms with Crippen molar-refractivity contribution in [3.8, 4) is 16.9 Å². The van der Waals surface area contributed by atoms with Crippen molar-refractivity contribution in [1.82, 2.24) is 5.32 Å². The Morgan fingerprint density at radius 3 is 2.23 bits per heavy atom. The summed E-state index contributed by atoms with van der Waals surface area (Å²) in [5.74, 6) is -0.424. The second-order valence-corrected chi connectivity index (χ2v) is 6.77. The van der Waals surface area contributed by atoms with E-state index in [4.69, 9.17) is 9.47 Å². The maximum atomic E-state index is 11.9. The first-order valence-corrected chi connectivity index (χ1v) is 8.16. The maximum absolute atomic E-state index is 11.9. The van der Waals surface area contributed by atoms with Crippen LogP contribution in [0.5, 0.6) is 5.75 Å². The molecule has 2 rings (SSSR count). The van der Waals surface area contributed by atoms with Crippen LogP contribution < -0.4 is 10.1 Å². The first kappa shape index (κ1) is 19.3. The summed E-state index contributed by atoms with van der Waals surface area (Å²) < 4.78 is 10.3. The Morgan fingerprint density at radius 2 is 1.69 bits per heavy atom. The monoisotopic (exact) mass is 357 g/mol. The van der Waals surface area contributed by atoms with Gasteiger partial charge in [0.25, 0.3) is 0 Å². The summed E-state index contributed by atoms with van der Waals surface area (Å²) in [6.45, 7) is 5.14. The van der Waals surface area contributed by atoms with Crippen LogP contribution in [0.15, 0.2) is 48.5 Å². The summed E-state index contributed by atoms with van der Waals surface area (Å²) in [7, 11) is 1.60. The van der Waals surface area contributed by atoms with E-state index in [0.717, 1.165) is 16.9 Å². The zero-order valence-corrected chi connectivity index (χ0v) is 15.3. The predicted octanol–water partition coefficient (Wildman–Crippen LogP) is 4.01. The lowest BCUT2D eigenvalue weighted by Gasteiger charge is -2.22. The molecule has 0 radical (unpaired) electrons. The normalized spacial score (nSPS) is 12.2. The van der Waals surface area contributed by atoms with Crippen molar-refractivity contribution >= 4 is 12.1 Å². The van der Waals surface area contributed by atoms with Crippen molar-refractivity contribution in [3.63, 3.8) is 0 Å². The van der Waals surface area contributed by atoms with Crippen LogP contribution in [0, 0.1) is 0 Å². The van der Waals surface area contributed by atoms with Gasteiger partial charge in [-0.15, -0.1) is 0 Å². The molecule has 6 heteroatoms. The van der Waals surface area contributed by atoms with Crippen LogP contribution in [-0.2, 0) is 9.53 Å². The molecule has 1 atom stereocenters. The van der Waals surface area contributed by atoms with E-state index in [0.29, 0.717) is 5.56 Å². The van der Waals surface area contributed by atoms with Crippen molar-refractivity contribution < 1.29 is 24.2 Å². The van der Waals surface area contributed by atoms with E-state index >= 15 is 0 Å². The summed E-state index contributed by atoms with van der Waals surface area (Å²) in [6.07, 6.45) is -0.776. The molecule has 0 saturated carbocycles. The maximum Gasteiger partial charge on any atom is 0.408 e. The Labute approximate surface area is 152 Å². The van der Waals surface area contributed by atoms with E-state index in [1.54, 1.807) is 52.1 Å². The van der Waals surface area contributed by atoms with Gasteiger partial charge in [0.2, 0.25) is 0 Å². The number of carbonyl (C=O) groups is 2. The molecule has 0 aliphatic rings. The van der Waals surface area contributed by atoms with Gasteiger partial charge in [-0.1, -0.05) is 36.4 Å². The number of hydrogen-bond acceptors (Lipinski definition) is 4. The molecule has 0 fully saturated rings. The number of aliphatic carboxylic acids is 1. The van der Waals surface area contributed by atoms with Gasteiger partial charge in [0.05, 0.1) is 7.11 Å². The number of alkyl carbamates (subject to hydrolysis) is 1. The van der Waals surface area contributed by atoms with Crippen molar-refractivity contribution in [3.05, 3.63) is 54.1 Å². The zero-order valence-electron chi connectivity index (χ0n) is 15.3. The van der Waals surface area contributed by atoms with Crippen LogP contribution >= 0.6 is 0 Å². The third-order valence-corrected chi connectivity index (χ3v) is 3.56.